The van der Waals surface area contributed by atoms with Crippen molar-refractivity contribution in [3.8, 4) is 0 Å². The summed E-state index contributed by atoms with van der Waals surface area (Å²) >= 11 is 0. The second-order valence-corrected chi connectivity index (χ2v) is 6.02. The fourth-order valence-electron chi connectivity index (χ4n) is 2.87. The standard InChI is InChI=1S/C14H19N3/c1-9-7-10(2)17-12-8-14(3,4)6-5-11(12)16-13(17)15-9/h7H,5-6,8H2,1-4H3. The highest BCUT2D eigenvalue weighted by molar-refractivity contribution is 5.40. The van der Waals surface area contributed by atoms with Crippen LogP contribution in [0.5, 0.6) is 0 Å². The van der Waals surface area contributed by atoms with Crippen LogP contribution in [0.25, 0.3) is 5.78 Å². The quantitative estimate of drug-likeness (QED) is 0.695. The Morgan fingerprint density at radius 1 is 1.24 bits per heavy atom. The van der Waals surface area contributed by atoms with Gasteiger partial charge in [-0.05, 0) is 44.6 Å². The van der Waals surface area contributed by atoms with Gasteiger partial charge in [0.05, 0.1) is 5.69 Å². The van der Waals surface area contributed by atoms with Crippen LogP contribution in [-0.2, 0) is 12.8 Å². The Morgan fingerprint density at radius 3 is 2.76 bits per heavy atom. The van der Waals surface area contributed by atoms with Crippen LogP contribution < -0.4 is 0 Å². The minimum absolute atomic E-state index is 0.389. The summed E-state index contributed by atoms with van der Waals surface area (Å²) in [5.74, 6) is 0.880. The summed E-state index contributed by atoms with van der Waals surface area (Å²) in [5, 5.41) is 0. The van der Waals surface area contributed by atoms with Gasteiger partial charge in [-0.1, -0.05) is 13.8 Å². The molecule has 3 nitrogen and oxygen atoms in total. The Labute approximate surface area is 102 Å². The van der Waals surface area contributed by atoms with E-state index in [1.807, 2.05) is 6.92 Å². The molecule has 0 aromatic carbocycles. The predicted molar refractivity (Wildman–Crippen MR) is 68.3 cm³/mol. The minimum Gasteiger partial charge on any atom is -0.285 e. The lowest BCUT2D eigenvalue weighted by Gasteiger charge is -2.29. The SMILES string of the molecule is Cc1cc(C)n2c3c(nc2n1)CCC(C)(C)C3. The Balaban J connectivity index is 2.28. The van der Waals surface area contributed by atoms with Crippen LogP contribution in [0.2, 0.25) is 0 Å². The average Bonchev–Trinajstić information content (AvgIpc) is 2.53. The molecule has 1 aliphatic carbocycles. The molecule has 0 N–H and O–H groups in total. The number of hydrogen-bond acceptors (Lipinski definition) is 2. The summed E-state index contributed by atoms with van der Waals surface area (Å²) in [6.07, 6.45) is 3.42. The molecular weight excluding hydrogens is 210 g/mol. The van der Waals surface area contributed by atoms with E-state index in [-0.39, 0.29) is 0 Å². The van der Waals surface area contributed by atoms with Crippen LogP contribution in [0.15, 0.2) is 6.07 Å². The molecule has 0 unspecified atom stereocenters. The maximum Gasteiger partial charge on any atom is 0.234 e. The van der Waals surface area contributed by atoms with Crippen LogP contribution in [-0.4, -0.2) is 14.4 Å². The highest BCUT2D eigenvalue weighted by atomic mass is 15.1. The van der Waals surface area contributed by atoms with Crippen LogP contribution in [0.1, 0.15) is 43.0 Å². The summed E-state index contributed by atoms with van der Waals surface area (Å²) < 4.78 is 2.24. The lowest BCUT2D eigenvalue weighted by molar-refractivity contribution is 0.308. The number of aryl methyl sites for hydroxylation is 3. The van der Waals surface area contributed by atoms with Gasteiger partial charge in [-0.2, -0.15) is 0 Å². The van der Waals surface area contributed by atoms with Crippen LogP contribution in [0.4, 0.5) is 0 Å². The van der Waals surface area contributed by atoms with Crippen molar-refractivity contribution < 1.29 is 0 Å². The first kappa shape index (κ1) is 10.8. The molecule has 90 valence electrons. The zero-order valence-corrected chi connectivity index (χ0v) is 11.0. The fourth-order valence-corrected chi connectivity index (χ4v) is 2.87. The van der Waals surface area contributed by atoms with Crippen molar-refractivity contribution >= 4 is 5.78 Å². The van der Waals surface area contributed by atoms with Crippen molar-refractivity contribution in [1.29, 1.82) is 0 Å². The number of aromatic nitrogens is 3. The van der Waals surface area contributed by atoms with Crippen molar-refractivity contribution in [2.24, 2.45) is 5.41 Å². The summed E-state index contributed by atoms with van der Waals surface area (Å²) in [6, 6.07) is 2.14. The van der Waals surface area contributed by atoms with E-state index in [9.17, 15) is 0 Å². The van der Waals surface area contributed by atoms with Crippen molar-refractivity contribution in [1.82, 2.24) is 14.4 Å². The summed E-state index contributed by atoms with van der Waals surface area (Å²) in [5.41, 5.74) is 5.32. The third-order valence-corrected chi connectivity index (χ3v) is 3.77. The third kappa shape index (κ3) is 1.65. The van der Waals surface area contributed by atoms with Crippen molar-refractivity contribution in [2.75, 3.05) is 0 Å². The monoisotopic (exact) mass is 229 g/mol. The van der Waals surface area contributed by atoms with E-state index < -0.39 is 0 Å². The summed E-state index contributed by atoms with van der Waals surface area (Å²) in [6.45, 7) is 8.86. The van der Waals surface area contributed by atoms with Gasteiger partial charge < -0.3 is 0 Å². The van der Waals surface area contributed by atoms with E-state index in [4.69, 9.17) is 4.98 Å². The molecule has 2 heterocycles. The summed E-state index contributed by atoms with van der Waals surface area (Å²) in [7, 11) is 0. The van der Waals surface area contributed by atoms with E-state index >= 15 is 0 Å². The van der Waals surface area contributed by atoms with Gasteiger partial charge >= 0.3 is 0 Å². The molecule has 1 aliphatic rings. The number of nitrogens with zero attached hydrogens (tertiary/aromatic N) is 3. The molecule has 3 heteroatoms. The molecule has 0 atom stereocenters. The molecule has 2 aromatic rings. The minimum atomic E-state index is 0.389. The normalized spacial score (nSPS) is 18.4. The molecule has 3 rings (SSSR count). The molecule has 0 aliphatic heterocycles. The van der Waals surface area contributed by atoms with Crippen LogP contribution >= 0.6 is 0 Å². The van der Waals surface area contributed by atoms with Gasteiger partial charge in [0.1, 0.15) is 0 Å². The highest BCUT2D eigenvalue weighted by Gasteiger charge is 2.29. The van der Waals surface area contributed by atoms with Gasteiger partial charge in [-0.3, -0.25) is 4.40 Å². The van der Waals surface area contributed by atoms with E-state index in [0.717, 1.165) is 24.3 Å². The second-order valence-electron chi connectivity index (χ2n) is 6.02. The number of fused-ring (bicyclic) bond motifs is 3. The first-order chi connectivity index (χ1) is 7.96. The predicted octanol–water partition coefficient (Wildman–Crippen LogP) is 2.86. The van der Waals surface area contributed by atoms with E-state index in [2.05, 4.69) is 36.2 Å². The Morgan fingerprint density at radius 2 is 2.00 bits per heavy atom. The molecule has 0 amide bonds. The van der Waals surface area contributed by atoms with Gasteiger partial charge in [-0.25, -0.2) is 9.97 Å². The van der Waals surface area contributed by atoms with Crippen molar-refractivity contribution in [3.63, 3.8) is 0 Å². The first-order valence-electron chi connectivity index (χ1n) is 6.31. The van der Waals surface area contributed by atoms with Gasteiger partial charge in [-0.15, -0.1) is 0 Å². The molecule has 0 fully saturated rings. The Kier molecular flexibility index (Phi) is 2.09. The molecule has 0 bridgehead atoms. The van der Waals surface area contributed by atoms with Crippen molar-refractivity contribution in [2.45, 2.75) is 47.0 Å². The van der Waals surface area contributed by atoms with Gasteiger partial charge in [0.15, 0.2) is 0 Å². The molecule has 2 aromatic heterocycles. The van der Waals surface area contributed by atoms with Gasteiger partial charge in [0, 0.05) is 17.1 Å². The number of rotatable bonds is 0. The third-order valence-electron chi connectivity index (χ3n) is 3.77. The van der Waals surface area contributed by atoms with Crippen LogP contribution in [0, 0.1) is 19.3 Å². The lowest BCUT2D eigenvalue weighted by atomic mass is 9.78. The fraction of sp³-hybridized carbons (Fsp3) is 0.571. The zero-order chi connectivity index (χ0) is 12.2. The molecule has 17 heavy (non-hydrogen) atoms. The summed E-state index contributed by atoms with van der Waals surface area (Å²) in [4.78, 5) is 9.23. The maximum atomic E-state index is 4.69. The maximum absolute atomic E-state index is 4.69. The van der Waals surface area contributed by atoms with Crippen molar-refractivity contribution in [3.05, 3.63) is 28.8 Å². The smallest absolute Gasteiger partial charge is 0.234 e. The van der Waals surface area contributed by atoms with Crippen LogP contribution in [0.3, 0.4) is 0 Å². The highest BCUT2D eigenvalue weighted by Crippen LogP contribution is 2.34. The lowest BCUT2D eigenvalue weighted by Crippen LogP contribution is -2.23. The molecular formula is C14H19N3. The second kappa shape index (κ2) is 3.31. The number of hydrogen-bond donors (Lipinski definition) is 0. The molecule has 0 spiro atoms. The molecule has 0 saturated carbocycles. The van der Waals surface area contributed by atoms with E-state index in [0.29, 0.717) is 5.41 Å². The zero-order valence-electron chi connectivity index (χ0n) is 11.0. The Bertz CT molecular complexity index is 593. The van der Waals surface area contributed by atoms with E-state index in [1.165, 1.54) is 23.5 Å². The first-order valence-corrected chi connectivity index (χ1v) is 6.31. The van der Waals surface area contributed by atoms with E-state index in [1.54, 1.807) is 0 Å². The Hall–Kier alpha value is -1.38. The topological polar surface area (TPSA) is 30.2 Å². The van der Waals surface area contributed by atoms with Gasteiger partial charge in [0.2, 0.25) is 5.78 Å². The van der Waals surface area contributed by atoms with Gasteiger partial charge in [0.25, 0.3) is 0 Å². The molecule has 0 radical (unpaired) electrons. The molecule has 0 saturated heterocycles. The average molecular weight is 229 g/mol. The number of imidazole rings is 1. The largest absolute Gasteiger partial charge is 0.285 e.